The van der Waals surface area contributed by atoms with E-state index in [9.17, 15) is 4.79 Å². The molecule has 0 radical (unpaired) electrons. The monoisotopic (exact) mass is 143 g/mol. The lowest BCUT2D eigenvalue weighted by atomic mass is 10.6. The molecule has 0 heterocycles. The molecule has 0 saturated heterocycles. The fourth-order valence-corrected chi connectivity index (χ4v) is 0.201. The first-order valence-electron chi connectivity index (χ1n) is 2.56. The van der Waals surface area contributed by atoms with E-state index in [1.807, 2.05) is 0 Å². The summed E-state index contributed by atoms with van der Waals surface area (Å²) in [6, 6.07) is 0. The lowest BCUT2D eigenvalue weighted by Gasteiger charge is -1.90. The Kier molecular flexibility index (Phi) is 12.0. The van der Waals surface area contributed by atoms with Crippen LogP contribution in [0.25, 0.3) is 0 Å². The number of ether oxygens (including phenoxy) is 1. The number of nitrogens with one attached hydrogen (secondary N) is 1. The van der Waals surface area contributed by atoms with Gasteiger partial charge in [-0.05, 0) is 6.92 Å². The van der Waals surface area contributed by atoms with Gasteiger partial charge in [-0.2, -0.15) is 0 Å². The summed E-state index contributed by atoms with van der Waals surface area (Å²) in [4.78, 5) is 18.4. The maximum absolute atomic E-state index is 10.1. The van der Waals surface area contributed by atoms with Crippen LogP contribution >= 0.6 is 0 Å². The highest BCUT2D eigenvalue weighted by Crippen LogP contribution is 1.74. The summed E-state index contributed by atoms with van der Waals surface area (Å²) in [6.07, 6.45) is 1.89. The van der Waals surface area contributed by atoms with Crippen molar-refractivity contribution in [1.29, 1.82) is 5.41 Å². The van der Waals surface area contributed by atoms with Gasteiger partial charge in [0.1, 0.15) is 0 Å². The molecular weight excluding hydrogens is 134 g/mol. The van der Waals surface area contributed by atoms with E-state index in [2.05, 4.69) is 11.3 Å². The van der Waals surface area contributed by atoms with Crippen LogP contribution in [-0.4, -0.2) is 18.7 Å². The zero-order valence-corrected chi connectivity index (χ0v) is 5.72. The molecule has 0 amide bonds. The first kappa shape index (κ1) is 11.4. The number of carbonyl (C=O) groups excluding carboxylic acids is 2. The van der Waals surface area contributed by atoms with Crippen LogP contribution in [0.2, 0.25) is 0 Å². The lowest BCUT2D eigenvalue weighted by Crippen LogP contribution is -1.97. The average Bonchev–Trinajstić information content (AvgIpc) is 1.90. The highest BCUT2D eigenvalue weighted by molar-refractivity contribution is 5.81. The molecule has 0 fully saturated rings. The minimum atomic E-state index is -0.359. The van der Waals surface area contributed by atoms with Crippen LogP contribution in [-0.2, 0) is 14.3 Å². The van der Waals surface area contributed by atoms with Gasteiger partial charge in [0.15, 0.2) is 0 Å². The molecule has 0 bridgehead atoms. The molecule has 0 rings (SSSR count). The van der Waals surface area contributed by atoms with Gasteiger partial charge in [0.05, 0.1) is 6.61 Å². The van der Waals surface area contributed by atoms with Crippen molar-refractivity contribution in [3.8, 4) is 0 Å². The van der Waals surface area contributed by atoms with E-state index in [1.54, 1.807) is 6.92 Å². The third kappa shape index (κ3) is 16.0. The molecule has 0 saturated carbocycles. The minimum absolute atomic E-state index is 0.359. The van der Waals surface area contributed by atoms with Crippen LogP contribution < -0.4 is 0 Å². The minimum Gasteiger partial charge on any atom is -0.463 e. The van der Waals surface area contributed by atoms with Crippen molar-refractivity contribution in [1.82, 2.24) is 0 Å². The van der Waals surface area contributed by atoms with Gasteiger partial charge in [-0.25, -0.2) is 15.0 Å². The Bertz CT molecular complexity index is 136. The van der Waals surface area contributed by atoms with Crippen molar-refractivity contribution in [3.63, 3.8) is 0 Å². The Hall–Kier alpha value is -1.41. The fraction of sp³-hybridized carbons (Fsp3) is 0.333. The maximum atomic E-state index is 10.1. The smallest absolute Gasteiger partial charge is 0.330 e. The van der Waals surface area contributed by atoms with Gasteiger partial charge in [0.25, 0.3) is 0 Å². The molecule has 0 aliphatic carbocycles. The summed E-state index contributed by atoms with van der Waals surface area (Å²) in [5, 5.41) is 5.40. The van der Waals surface area contributed by atoms with Crippen LogP contribution in [0.4, 0.5) is 0 Å². The van der Waals surface area contributed by atoms with Gasteiger partial charge in [0.2, 0.25) is 6.08 Å². The predicted octanol–water partition coefficient (Wildman–Crippen LogP) is 0.636. The average molecular weight is 143 g/mol. The Labute approximate surface area is 59.0 Å². The topological polar surface area (TPSA) is 67.2 Å². The van der Waals surface area contributed by atoms with Crippen molar-refractivity contribution < 1.29 is 14.3 Å². The SMILES string of the molecule is C=CC(=O)OCC.N=C=O. The molecule has 0 spiro atoms. The second kappa shape index (κ2) is 10.5. The zero-order valence-electron chi connectivity index (χ0n) is 5.72. The molecule has 0 atom stereocenters. The van der Waals surface area contributed by atoms with Crippen LogP contribution in [0.5, 0.6) is 0 Å². The highest BCUT2D eigenvalue weighted by Gasteiger charge is 1.86. The van der Waals surface area contributed by atoms with Crippen LogP contribution in [0.1, 0.15) is 6.92 Å². The summed E-state index contributed by atoms with van der Waals surface area (Å²) in [6.45, 7) is 5.38. The molecule has 0 unspecified atom stereocenters. The van der Waals surface area contributed by atoms with Gasteiger partial charge in [-0.3, -0.25) is 0 Å². The highest BCUT2D eigenvalue weighted by atomic mass is 16.5. The van der Waals surface area contributed by atoms with E-state index in [0.29, 0.717) is 6.61 Å². The summed E-state index contributed by atoms with van der Waals surface area (Å²) < 4.78 is 4.43. The fourth-order valence-electron chi connectivity index (χ4n) is 0.201. The number of esters is 1. The molecule has 0 aliphatic heterocycles. The van der Waals surface area contributed by atoms with Gasteiger partial charge >= 0.3 is 5.97 Å². The lowest BCUT2D eigenvalue weighted by molar-refractivity contribution is -0.137. The molecule has 4 heteroatoms. The largest absolute Gasteiger partial charge is 0.463 e. The van der Waals surface area contributed by atoms with Crippen LogP contribution in [0.15, 0.2) is 12.7 Å². The zero-order chi connectivity index (χ0) is 8.41. The van der Waals surface area contributed by atoms with E-state index in [4.69, 9.17) is 10.2 Å². The number of hydrogen-bond donors (Lipinski definition) is 1. The van der Waals surface area contributed by atoms with Crippen LogP contribution in [0.3, 0.4) is 0 Å². The van der Waals surface area contributed by atoms with Crippen molar-refractivity contribution in [3.05, 3.63) is 12.7 Å². The van der Waals surface area contributed by atoms with Crippen molar-refractivity contribution in [2.24, 2.45) is 0 Å². The molecule has 0 aromatic carbocycles. The quantitative estimate of drug-likeness (QED) is 0.267. The van der Waals surface area contributed by atoms with Crippen molar-refractivity contribution in [2.75, 3.05) is 6.61 Å². The molecule has 56 valence electrons. The standard InChI is InChI=1S/C5H8O2.CHNO/c1-3-5(6)7-4-2;2-1-3/h3H,1,4H2,2H3;2H. The second-order valence-electron chi connectivity index (χ2n) is 1.06. The van der Waals surface area contributed by atoms with Gasteiger partial charge in [-0.1, -0.05) is 6.58 Å². The van der Waals surface area contributed by atoms with E-state index in [1.165, 1.54) is 0 Å². The molecular formula is C6H9NO3. The molecule has 4 nitrogen and oxygen atoms in total. The molecule has 0 aromatic heterocycles. The number of carbonyl (C=O) groups is 1. The van der Waals surface area contributed by atoms with Gasteiger partial charge < -0.3 is 4.74 Å². The summed E-state index contributed by atoms with van der Waals surface area (Å²) in [5.41, 5.74) is 0. The first-order valence-corrected chi connectivity index (χ1v) is 2.56. The van der Waals surface area contributed by atoms with Gasteiger partial charge in [0, 0.05) is 6.08 Å². The van der Waals surface area contributed by atoms with Gasteiger partial charge in [-0.15, -0.1) is 0 Å². The Morgan fingerprint density at radius 1 is 1.90 bits per heavy atom. The molecule has 1 N–H and O–H groups in total. The Balaban J connectivity index is 0. The van der Waals surface area contributed by atoms with E-state index >= 15 is 0 Å². The number of hydrogen-bond acceptors (Lipinski definition) is 4. The normalized spacial score (nSPS) is 6.10. The second-order valence-corrected chi connectivity index (χ2v) is 1.06. The Morgan fingerprint density at radius 2 is 2.30 bits per heavy atom. The Morgan fingerprint density at radius 3 is 2.40 bits per heavy atom. The van der Waals surface area contributed by atoms with Crippen molar-refractivity contribution >= 4 is 12.0 Å². The van der Waals surface area contributed by atoms with E-state index in [0.717, 1.165) is 12.2 Å². The van der Waals surface area contributed by atoms with E-state index in [-0.39, 0.29) is 5.97 Å². The van der Waals surface area contributed by atoms with E-state index < -0.39 is 0 Å². The summed E-state index contributed by atoms with van der Waals surface area (Å²) in [5.74, 6) is -0.359. The maximum Gasteiger partial charge on any atom is 0.330 e. The number of rotatable bonds is 2. The third-order valence-corrected chi connectivity index (χ3v) is 0.453. The molecule has 10 heavy (non-hydrogen) atoms. The molecule has 0 aromatic rings. The third-order valence-electron chi connectivity index (χ3n) is 0.453. The first-order chi connectivity index (χ1) is 4.72. The number of isocyanates is 1. The summed E-state index contributed by atoms with van der Waals surface area (Å²) in [7, 11) is 0. The predicted molar refractivity (Wildman–Crippen MR) is 35.2 cm³/mol. The summed E-state index contributed by atoms with van der Waals surface area (Å²) >= 11 is 0. The van der Waals surface area contributed by atoms with Crippen LogP contribution in [0, 0.1) is 5.41 Å². The van der Waals surface area contributed by atoms with Crippen molar-refractivity contribution in [2.45, 2.75) is 6.92 Å². The molecule has 0 aliphatic rings.